The Kier molecular flexibility index (Phi) is 6.86. The van der Waals surface area contributed by atoms with Crippen molar-refractivity contribution in [3.8, 4) is 0 Å². The first kappa shape index (κ1) is 17.3. The van der Waals surface area contributed by atoms with E-state index in [9.17, 15) is 9.90 Å². The maximum atomic E-state index is 11.8. The standard InChI is InChI=1S/C15H22ClNO2S/c1-11(18)8-15(2,3)10-17-14(19)9-20-13-7-5-4-6-12(13)16/h4-7,11,18H,8-10H2,1-3H3,(H,17,19). The van der Waals surface area contributed by atoms with E-state index in [1.54, 1.807) is 6.92 Å². The number of thioether (sulfide) groups is 1. The van der Waals surface area contributed by atoms with E-state index in [-0.39, 0.29) is 17.4 Å². The summed E-state index contributed by atoms with van der Waals surface area (Å²) in [5.74, 6) is 0.322. The van der Waals surface area contributed by atoms with Gasteiger partial charge in [0.15, 0.2) is 0 Å². The second-order valence-corrected chi connectivity index (χ2v) is 7.14. The molecule has 1 unspecified atom stereocenters. The van der Waals surface area contributed by atoms with Gasteiger partial charge in [-0.3, -0.25) is 4.79 Å². The molecule has 0 saturated carbocycles. The molecule has 0 saturated heterocycles. The maximum absolute atomic E-state index is 11.8. The number of rotatable bonds is 7. The summed E-state index contributed by atoms with van der Waals surface area (Å²) in [5, 5.41) is 13.0. The number of hydrogen-bond donors (Lipinski definition) is 2. The molecule has 1 rings (SSSR count). The molecular formula is C15H22ClNO2S. The lowest BCUT2D eigenvalue weighted by Crippen LogP contribution is -2.36. The number of halogens is 1. The summed E-state index contributed by atoms with van der Waals surface area (Å²) in [6.07, 6.45) is 0.296. The monoisotopic (exact) mass is 315 g/mol. The van der Waals surface area contributed by atoms with E-state index in [1.165, 1.54) is 11.8 Å². The SMILES string of the molecule is CC(O)CC(C)(C)CNC(=O)CSc1ccccc1Cl. The van der Waals surface area contributed by atoms with Gasteiger partial charge in [-0.1, -0.05) is 37.6 Å². The predicted octanol–water partition coefficient (Wildman–Crippen LogP) is 3.35. The van der Waals surface area contributed by atoms with Gasteiger partial charge in [0.2, 0.25) is 5.91 Å². The van der Waals surface area contributed by atoms with Crippen LogP contribution in [0.5, 0.6) is 0 Å². The van der Waals surface area contributed by atoms with Gasteiger partial charge in [0, 0.05) is 11.4 Å². The summed E-state index contributed by atoms with van der Waals surface area (Å²) in [5.41, 5.74) is -0.112. The van der Waals surface area contributed by atoms with Crippen LogP contribution in [-0.4, -0.2) is 29.4 Å². The van der Waals surface area contributed by atoms with Crippen LogP contribution >= 0.6 is 23.4 Å². The molecule has 0 spiro atoms. The first-order valence-electron chi connectivity index (χ1n) is 6.62. The molecule has 0 aliphatic carbocycles. The summed E-state index contributed by atoms with van der Waals surface area (Å²) < 4.78 is 0. The molecule has 0 heterocycles. The molecule has 0 bridgehead atoms. The summed E-state index contributed by atoms with van der Waals surface area (Å²) in [4.78, 5) is 12.7. The van der Waals surface area contributed by atoms with Gasteiger partial charge in [0.05, 0.1) is 16.9 Å². The summed E-state index contributed by atoms with van der Waals surface area (Å²) >= 11 is 7.46. The average molecular weight is 316 g/mol. The topological polar surface area (TPSA) is 49.3 Å². The van der Waals surface area contributed by atoms with E-state index in [1.807, 2.05) is 38.1 Å². The lowest BCUT2D eigenvalue weighted by molar-refractivity contribution is -0.119. The molecule has 0 aromatic heterocycles. The number of carbonyl (C=O) groups is 1. The third-order valence-corrected chi connectivity index (χ3v) is 4.32. The highest BCUT2D eigenvalue weighted by Crippen LogP contribution is 2.26. The normalized spacial score (nSPS) is 13.1. The van der Waals surface area contributed by atoms with Crippen molar-refractivity contribution in [3.63, 3.8) is 0 Å². The molecule has 0 radical (unpaired) electrons. The largest absolute Gasteiger partial charge is 0.393 e. The van der Waals surface area contributed by atoms with Crippen LogP contribution in [0.1, 0.15) is 27.2 Å². The highest BCUT2D eigenvalue weighted by molar-refractivity contribution is 8.00. The first-order valence-corrected chi connectivity index (χ1v) is 7.98. The Morgan fingerprint density at radius 1 is 1.45 bits per heavy atom. The quantitative estimate of drug-likeness (QED) is 0.759. The fraction of sp³-hybridized carbons (Fsp3) is 0.533. The molecule has 1 aromatic carbocycles. The minimum absolute atomic E-state index is 0.0198. The van der Waals surface area contributed by atoms with Crippen LogP contribution in [0.15, 0.2) is 29.2 Å². The summed E-state index contributed by atoms with van der Waals surface area (Å²) in [6, 6.07) is 7.48. The van der Waals surface area contributed by atoms with Crippen molar-refractivity contribution >= 4 is 29.3 Å². The highest BCUT2D eigenvalue weighted by Gasteiger charge is 2.21. The fourth-order valence-corrected chi connectivity index (χ4v) is 3.03. The van der Waals surface area contributed by atoms with E-state index in [2.05, 4.69) is 5.32 Å². The van der Waals surface area contributed by atoms with Crippen LogP contribution in [0.3, 0.4) is 0 Å². The molecule has 20 heavy (non-hydrogen) atoms. The predicted molar refractivity (Wildman–Crippen MR) is 85.3 cm³/mol. The Balaban J connectivity index is 2.36. The number of aliphatic hydroxyl groups is 1. The lowest BCUT2D eigenvalue weighted by Gasteiger charge is -2.26. The highest BCUT2D eigenvalue weighted by atomic mass is 35.5. The minimum Gasteiger partial charge on any atom is -0.393 e. The molecule has 0 aliphatic rings. The number of nitrogens with one attached hydrogen (secondary N) is 1. The Labute approximate surface area is 130 Å². The molecule has 0 fully saturated rings. The van der Waals surface area contributed by atoms with Crippen LogP contribution in [-0.2, 0) is 4.79 Å². The Morgan fingerprint density at radius 3 is 2.70 bits per heavy atom. The van der Waals surface area contributed by atoms with Crippen molar-refractivity contribution in [1.82, 2.24) is 5.32 Å². The fourth-order valence-electron chi connectivity index (χ4n) is 1.97. The van der Waals surface area contributed by atoms with Gasteiger partial charge < -0.3 is 10.4 Å². The number of hydrogen-bond acceptors (Lipinski definition) is 3. The van der Waals surface area contributed by atoms with Gasteiger partial charge in [0.1, 0.15) is 0 Å². The molecule has 1 aromatic rings. The van der Waals surface area contributed by atoms with Gasteiger partial charge in [-0.05, 0) is 30.9 Å². The van der Waals surface area contributed by atoms with Gasteiger partial charge in [0.25, 0.3) is 0 Å². The van der Waals surface area contributed by atoms with Gasteiger partial charge in [-0.15, -0.1) is 11.8 Å². The zero-order chi connectivity index (χ0) is 15.2. The van der Waals surface area contributed by atoms with Crippen LogP contribution in [0.4, 0.5) is 0 Å². The van der Waals surface area contributed by atoms with Crippen molar-refractivity contribution in [2.45, 2.75) is 38.2 Å². The lowest BCUT2D eigenvalue weighted by atomic mass is 9.87. The summed E-state index contributed by atoms with van der Waals surface area (Å²) in [7, 11) is 0. The molecule has 1 atom stereocenters. The molecule has 3 nitrogen and oxygen atoms in total. The van der Waals surface area contributed by atoms with Crippen molar-refractivity contribution in [2.75, 3.05) is 12.3 Å². The Morgan fingerprint density at radius 2 is 2.10 bits per heavy atom. The van der Waals surface area contributed by atoms with Crippen molar-refractivity contribution in [2.24, 2.45) is 5.41 Å². The van der Waals surface area contributed by atoms with Crippen LogP contribution in [0.2, 0.25) is 5.02 Å². The van der Waals surface area contributed by atoms with Crippen LogP contribution < -0.4 is 5.32 Å². The number of aliphatic hydroxyl groups excluding tert-OH is 1. The Bertz CT molecular complexity index is 449. The van der Waals surface area contributed by atoms with E-state index >= 15 is 0 Å². The van der Waals surface area contributed by atoms with Crippen LogP contribution in [0, 0.1) is 5.41 Å². The van der Waals surface area contributed by atoms with Gasteiger partial charge in [-0.25, -0.2) is 0 Å². The second kappa shape index (κ2) is 7.91. The molecule has 0 aliphatic heterocycles. The van der Waals surface area contributed by atoms with E-state index in [4.69, 9.17) is 11.6 Å². The van der Waals surface area contributed by atoms with Crippen molar-refractivity contribution in [3.05, 3.63) is 29.3 Å². The van der Waals surface area contributed by atoms with Gasteiger partial charge >= 0.3 is 0 Å². The third kappa shape index (κ3) is 6.64. The minimum atomic E-state index is -0.362. The van der Waals surface area contributed by atoms with Crippen molar-refractivity contribution in [1.29, 1.82) is 0 Å². The van der Waals surface area contributed by atoms with E-state index in [0.29, 0.717) is 23.7 Å². The molecule has 112 valence electrons. The molecule has 1 amide bonds. The number of amides is 1. The molecule has 5 heteroatoms. The Hall–Kier alpha value is -0.710. The number of carbonyl (C=O) groups excluding carboxylic acids is 1. The zero-order valence-corrected chi connectivity index (χ0v) is 13.7. The maximum Gasteiger partial charge on any atom is 0.230 e. The summed E-state index contributed by atoms with van der Waals surface area (Å²) in [6.45, 7) is 6.37. The van der Waals surface area contributed by atoms with E-state index < -0.39 is 0 Å². The smallest absolute Gasteiger partial charge is 0.230 e. The zero-order valence-electron chi connectivity index (χ0n) is 12.1. The van der Waals surface area contributed by atoms with Crippen molar-refractivity contribution < 1.29 is 9.90 Å². The van der Waals surface area contributed by atoms with Gasteiger partial charge in [-0.2, -0.15) is 0 Å². The number of benzene rings is 1. The average Bonchev–Trinajstić information content (AvgIpc) is 2.34. The molecular weight excluding hydrogens is 294 g/mol. The van der Waals surface area contributed by atoms with E-state index in [0.717, 1.165) is 4.90 Å². The third-order valence-electron chi connectivity index (χ3n) is 2.81. The second-order valence-electron chi connectivity index (χ2n) is 5.71. The van der Waals surface area contributed by atoms with Crippen LogP contribution in [0.25, 0.3) is 0 Å². The molecule has 2 N–H and O–H groups in total. The first-order chi connectivity index (χ1) is 9.30.